The van der Waals surface area contributed by atoms with Gasteiger partial charge >= 0.3 is 0 Å². The maximum atomic E-state index is 6.09. The summed E-state index contributed by atoms with van der Waals surface area (Å²) in [7, 11) is 1.92. The highest BCUT2D eigenvalue weighted by Crippen LogP contribution is 2.29. The van der Waals surface area contributed by atoms with Crippen molar-refractivity contribution in [3.05, 3.63) is 40.0 Å². The van der Waals surface area contributed by atoms with Gasteiger partial charge in [-0.15, -0.1) is 0 Å². The number of aryl methyl sites for hydroxylation is 1. The molecular weight excluding hydrogens is 293 g/mol. The van der Waals surface area contributed by atoms with Crippen molar-refractivity contribution < 1.29 is 0 Å². The predicted octanol–water partition coefficient (Wildman–Crippen LogP) is 4.28. The van der Waals surface area contributed by atoms with Crippen LogP contribution in [0.15, 0.2) is 24.4 Å². The van der Waals surface area contributed by atoms with Gasteiger partial charge in [0, 0.05) is 36.5 Å². The van der Waals surface area contributed by atoms with Crippen LogP contribution in [0.2, 0.25) is 10.0 Å². The summed E-state index contributed by atoms with van der Waals surface area (Å²) < 4.78 is 1.82. The predicted molar refractivity (Wildman–Crippen MR) is 85.3 cm³/mol. The summed E-state index contributed by atoms with van der Waals surface area (Å²) in [5.74, 6) is 0. The molecule has 1 aromatic carbocycles. The number of hydrogen-bond acceptors (Lipinski definition) is 2. The fourth-order valence-electron chi connectivity index (χ4n) is 1.91. The molecule has 1 heterocycles. The topological polar surface area (TPSA) is 29.9 Å². The Balaban J connectivity index is 2.33. The number of hydrogen-bond donors (Lipinski definition) is 1. The van der Waals surface area contributed by atoms with Crippen LogP contribution in [0.3, 0.4) is 0 Å². The summed E-state index contributed by atoms with van der Waals surface area (Å²) in [6.45, 7) is 7.18. The third-order valence-corrected chi connectivity index (χ3v) is 3.65. The molecule has 2 rings (SSSR count). The first-order valence-corrected chi connectivity index (χ1v) is 7.25. The summed E-state index contributed by atoms with van der Waals surface area (Å²) in [5.41, 5.74) is 3.11. The molecular formula is C15H19Cl2N3. The molecule has 0 saturated carbocycles. The Labute approximate surface area is 129 Å². The molecule has 3 nitrogen and oxygen atoms in total. The van der Waals surface area contributed by atoms with E-state index in [9.17, 15) is 0 Å². The van der Waals surface area contributed by atoms with Crippen LogP contribution in [0.1, 0.15) is 26.3 Å². The monoisotopic (exact) mass is 311 g/mol. The quantitative estimate of drug-likeness (QED) is 0.916. The van der Waals surface area contributed by atoms with E-state index in [4.69, 9.17) is 23.2 Å². The minimum Gasteiger partial charge on any atom is -0.308 e. The van der Waals surface area contributed by atoms with Crippen molar-refractivity contribution in [2.75, 3.05) is 0 Å². The second kappa shape index (κ2) is 5.76. The molecule has 0 fully saturated rings. The van der Waals surface area contributed by atoms with Crippen LogP contribution < -0.4 is 5.32 Å². The van der Waals surface area contributed by atoms with Gasteiger partial charge in [-0.1, -0.05) is 29.3 Å². The number of nitrogens with zero attached hydrogens (tertiary/aromatic N) is 2. The Morgan fingerprint density at radius 2 is 1.90 bits per heavy atom. The summed E-state index contributed by atoms with van der Waals surface area (Å²) >= 11 is 12.1. The Kier molecular flexibility index (Phi) is 4.43. The molecule has 0 unspecified atom stereocenters. The Morgan fingerprint density at radius 3 is 2.50 bits per heavy atom. The molecule has 0 aliphatic heterocycles. The lowest BCUT2D eigenvalue weighted by Crippen LogP contribution is -2.35. The highest BCUT2D eigenvalue weighted by Gasteiger charge is 2.14. The van der Waals surface area contributed by atoms with Gasteiger partial charge in [0.2, 0.25) is 0 Å². The van der Waals surface area contributed by atoms with E-state index in [1.54, 1.807) is 6.07 Å². The van der Waals surface area contributed by atoms with E-state index in [0.717, 1.165) is 23.4 Å². The summed E-state index contributed by atoms with van der Waals surface area (Å²) in [6.07, 6.45) is 2.02. The zero-order valence-corrected chi connectivity index (χ0v) is 13.7. The van der Waals surface area contributed by atoms with Crippen molar-refractivity contribution in [2.24, 2.45) is 7.05 Å². The third kappa shape index (κ3) is 3.75. The fraction of sp³-hybridized carbons (Fsp3) is 0.400. The van der Waals surface area contributed by atoms with E-state index in [0.29, 0.717) is 10.0 Å². The second-order valence-corrected chi connectivity index (χ2v) is 6.72. The van der Waals surface area contributed by atoms with Crippen molar-refractivity contribution in [1.29, 1.82) is 0 Å². The van der Waals surface area contributed by atoms with Crippen LogP contribution in [-0.2, 0) is 13.6 Å². The summed E-state index contributed by atoms with van der Waals surface area (Å²) in [6, 6.07) is 5.60. The molecule has 0 spiro atoms. The minimum atomic E-state index is 0.0603. The van der Waals surface area contributed by atoms with Gasteiger partial charge in [-0.3, -0.25) is 4.68 Å². The Morgan fingerprint density at radius 1 is 1.20 bits per heavy atom. The van der Waals surface area contributed by atoms with Gasteiger partial charge in [0.15, 0.2) is 0 Å². The zero-order chi connectivity index (χ0) is 14.9. The second-order valence-electron chi connectivity index (χ2n) is 5.91. The van der Waals surface area contributed by atoms with E-state index in [1.165, 1.54) is 0 Å². The summed E-state index contributed by atoms with van der Waals surface area (Å²) in [4.78, 5) is 0. The highest BCUT2D eigenvalue weighted by atomic mass is 35.5. The third-order valence-electron chi connectivity index (χ3n) is 2.91. The smallest absolute Gasteiger partial charge is 0.0968 e. The molecule has 0 amide bonds. The lowest BCUT2D eigenvalue weighted by Gasteiger charge is -2.20. The number of aromatic nitrogens is 2. The average molecular weight is 312 g/mol. The highest BCUT2D eigenvalue weighted by molar-refractivity contribution is 6.42. The largest absolute Gasteiger partial charge is 0.308 e. The van der Waals surface area contributed by atoms with Gasteiger partial charge in [-0.25, -0.2) is 0 Å². The van der Waals surface area contributed by atoms with E-state index >= 15 is 0 Å². The normalized spacial score (nSPS) is 11.9. The maximum absolute atomic E-state index is 6.09. The van der Waals surface area contributed by atoms with Crippen molar-refractivity contribution in [1.82, 2.24) is 15.1 Å². The molecule has 2 aromatic rings. The van der Waals surface area contributed by atoms with Crippen molar-refractivity contribution in [3.63, 3.8) is 0 Å². The lowest BCUT2D eigenvalue weighted by atomic mass is 10.1. The minimum absolute atomic E-state index is 0.0603. The van der Waals surface area contributed by atoms with E-state index in [-0.39, 0.29) is 5.54 Å². The number of halogens is 2. The maximum Gasteiger partial charge on any atom is 0.0968 e. The van der Waals surface area contributed by atoms with Crippen molar-refractivity contribution in [2.45, 2.75) is 32.9 Å². The van der Waals surface area contributed by atoms with E-state index < -0.39 is 0 Å². The van der Waals surface area contributed by atoms with E-state index in [1.807, 2.05) is 30.1 Å². The Hall–Kier alpha value is -1.03. The number of nitrogens with one attached hydrogen (secondary N) is 1. The standard InChI is InChI=1S/C15H19Cl2N3/c1-15(2,3)18-8-11-9-20(4)19-14(11)10-5-6-12(16)13(17)7-10/h5-7,9,18H,8H2,1-4H3. The van der Waals surface area contributed by atoms with Gasteiger partial charge in [0.25, 0.3) is 0 Å². The summed E-state index contributed by atoms with van der Waals surface area (Å²) in [5, 5.41) is 9.10. The number of benzene rings is 1. The molecule has 1 N–H and O–H groups in total. The fourth-order valence-corrected chi connectivity index (χ4v) is 2.21. The van der Waals surface area contributed by atoms with Crippen molar-refractivity contribution >= 4 is 23.2 Å². The van der Waals surface area contributed by atoms with Crippen molar-refractivity contribution in [3.8, 4) is 11.3 Å². The SMILES string of the molecule is Cn1cc(CNC(C)(C)C)c(-c2ccc(Cl)c(Cl)c2)n1. The molecule has 20 heavy (non-hydrogen) atoms. The zero-order valence-electron chi connectivity index (χ0n) is 12.2. The van der Waals surface area contributed by atoms with Gasteiger partial charge in [0.05, 0.1) is 15.7 Å². The average Bonchev–Trinajstić information content (AvgIpc) is 2.71. The van der Waals surface area contributed by atoms with Gasteiger partial charge in [-0.2, -0.15) is 5.10 Å². The van der Waals surface area contributed by atoms with Crippen LogP contribution in [0.4, 0.5) is 0 Å². The first-order valence-electron chi connectivity index (χ1n) is 6.49. The molecule has 0 radical (unpaired) electrons. The van der Waals surface area contributed by atoms with Gasteiger partial charge in [0.1, 0.15) is 0 Å². The van der Waals surface area contributed by atoms with Crippen LogP contribution in [0, 0.1) is 0 Å². The molecule has 5 heteroatoms. The van der Waals surface area contributed by atoms with E-state index in [2.05, 4.69) is 31.2 Å². The first kappa shape index (κ1) is 15.4. The molecule has 0 aliphatic rings. The van der Waals surface area contributed by atoms with Crippen LogP contribution in [0.5, 0.6) is 0 Å². The molecule has 0 bridgehead atoms. The molecule has 108 valence electrons. The molecule has 0 saturated heterocycles. The van der Waals surface area contributed by atoms with Gasteiger partial charge < -0.3 is 5.32 Å². The van der Waals surface area contributed by atoms with Crippen LogP contribution >= 0.6 is 23.2 Å². The lowest BCUT2D eigenvalue weighted by molar-refractivity contribution is 0.424. The van der Waals surface area contributed by atoms with Crippen LogP contribution in [0.25, 0.3) is 11.3 Å². The Bertz CT molecular complexity index is 612. The van der Waals surface area contributed by atoms with Crippen LogP contribution in [-0.4, -0.2) is 15.3 Å². The molecule has 1 aromatic heterocycles. The number of rotatable bonds is 3. The first-order chi connectivity index (χ1) is 9.26. The molecule has 0 atom stereocenters. The van der Waals surface area contributed by atoms with Gasteiger partial charge in [-0.05, 0) is 32.9 Å². The molecule has 0 aliphatic carbocycles.